The van der Waals surface area contributed by atoms with Gasteiger partial charge in [0.1, 0.15) is 11.3 Å². The summed E-state index contributed by atoms with van der Waals surface area (Å²) >= 11 is 0. The van der Waals surface area contributed by atoms with Gasteiger partial charge in [-0.05, 0) is 67.7 Å². The molecule has 2 aromatic carbocycles. The van der Waals surface area contributed by atoms with Crippen LogP contribution in [0.5, 0.6) is 5.75 Å². The molecule has 2 aliphatic heterocycles. The number of nitrogens with zero attached hydrogens (tertiary/aromatic N) is 2. The smallest absolute Gasteiger partial charge is 0.408 e. The number of piperidine rings is 1. The van der Waals surface area contributed by atoms with Gasteiger partial charge in [-0.15, -0.1) is 0 Å². The van der Waals surface area contributed by atoms with Crippen molar-refractivity contribution in [3.63, 3.8) is 0 Å². The summed E-state index contributed by atoms with van der Waals surface area (Å²) in [5.41, 5.74) is 0.399. The maximum absolute atomic E-state index is 13.2. The van der Waals surface area contributed by atoms with Crippen molar-refractivity contribution in [3.05, 3.63) is 60.5 Å². The zero-order valence-electron chi connectivity index (χ0n) is 17.2. The monoisotopic (exact) mass is 455 g/mol. The van der Waals surface area contributed by atoms with E-state index >= 15 is 0 Å². The Balaban J connectivity index is 1.39. The molecular weight excluding hydrogens is 433 g/mol. The maximum atomic E-state index is 13.2. The lowest BCUT2D eigenvalue weighted by molar-refractivity contribution is 0.117. The highest BCUT2D eigenvalue weighted by Crippen LogP contribution is 2.30. The van der Waals surface area contributed by atoms with Crippen LogP contribution in [0.4, 0.5) is 9.18 Å². The summed E-state index contributed by atoms with van der Waals surface area (Å²) in [7, 11) is -3.86. The lowest BCUT2D eigenvalue weighted by atomic mass is 9.89. The molecule has 0 saturated carbocycles. The van der Waals surface area contributed by atoms with Gasteiger partial charge < -0.3 is 15.0 Å². The summed E-state index contributed by atoms with van der Waals surface area (Å²) in [5.74, 6) is 0.825. The van der Waals surface area contributed by atoms with E-state index in [4.69, 9.17) is 4.74 Å². The second-order valence-electron chi connectivity index (χ2n) is 8.24. The van der Waals surface area contributed by atoms with Crippen LogP contribution in [0.1, 0.15) is 6.42 Å². The molecule has 7 nitrogen and oxygen atoms in total. The van der Waals surface area contributed by atoms with Crippen LogP contribution in [0.2, 0.25) is 0 Å². The van der Waals surface area contributed by atoms with E-state index in [1.165, 1.54) is 24.4 Å². The average Bonchev–Trinajstić information content (AvgIpc) is 3.27. The van der Waals surface area contributed by atoms with Crippen LogP contribution in [0.25, 0.3) is 10.9 Å². The summed E-state index contributed by atoms with van der Waals surface area (Å²) in [6.07, 6.45) is 1.76. The largest absolute Gasteiger partial charge is 0.415 e. The molecule has 1 aromatic heterocycles. The number of fused-ring (bicyclic) bond motifs is 2. The standard InChI is InChI=1S/C23H22FN3O4S/c24-18-4-6-19(7-5-18)32(29,30)20-10-15-2-1-3-21(22(15)26-13-20)31-23(28)27-9-8-16-11-25-12-17(16)14-27/h1-7,10,13,16-17,25H,8-9,11-12,14H2. The van der Waals surface area contributed by atoms with Crippen molar-refractivity contribution in [2.24, 2.45) is 11.8 Å². The highest BCUT2D eigenvalue weighted by molar-refractivity contribution is 7.91. The zero-order valence-corrected chi connectivity index (χ0v) is 18.0. The number of para-hydroxylation sites is 1. The molecule has 2 unspecified atom stereocenters. The van der Waals surface area contributed by atoms with Crippen LogP contribution in [0.3, 0.4) is 0 Å². The van der Waals surface area contributed by atoms with Crippen LogP contribution in [-0.2, 0) is 9.84 Å². The SMILES string of the molecule is O=C(Oc1cccc2cc(S(=O)(=O)c3ccc(F)cc3)cnc12)N1CCC2CNCC2C1. The summed E-state index contributed by atoms with van der Waals surface area (Å²) in [5, 5.41) is 3.90. The number of carbonyl (C=O) groups is 1. The van der Waals surface area contributed by atoms with Crippen LogP contribution in [0, 0.1) is 17.7 Å². The highest BCUT2D eigenvalue weighted by atomic mass is 32.2. The van der Waals surface area contributed by atoms with Crippen molar-refractivity contribution in [1.29, 1.82) is 0 Å². The molecular formula is C23H22FN3O4S. The van der Waals surface area contributed by atoms with Gasteiger partial charge >= 0.3 is 6.09 Å². The summed E-state index contributed by atoms with van der Waals surface area (Å²) in [4.78, 5) is 18.7. The van der Waals surface area contributed by atoms with Gasteiger partial charge in [0.15, 0.2) is 5.75 Å². The minimum atomic E-state index is -3.86. The molecule has 0 aliphatic carbocycles. The Hall–Kier alpha value is -3.04. The van der Waals surface area contributed by atoms with Crippen LogP contribution >= 0.6 is 0 Å². The molecule has 1 amide bonds. The number of aromatic nitrogens is 1. The fourth-order valence-electron chi connectivity index (χ4n) is 4.45. The molecule has 2 aliphatic rings. The number of amides is 1. The number of halogens is 1. The Labute approximate surface area is 185 Å². The Morgan fingerprint density at radius 3 is 2.69 bits per heavy atom. The number of ether oxygens (including phenoxy) is 1. The number of carbonyl (C=O) groups excluding carboxylic acids is 1. The molecule has 2 fully saturated rings. The van der Waals surface area contributed by atoms with E-state index in [1.54, 1.807) is 23.1 Å². The summed E-state index contributed by atoms with van der Waals surface area (Å²) in [6, 6.07) is 11.2. The molecule has 3 heterocycles. The Morgan fingerprint density at radius 1 is 1.09 bits per heavy atom. The van der Waals surface area contributed by atoms with Gasteiger partial charge in [-0.25, -0.2) is 17.6 Å². The van der Waals surface area contributed by atoms with E-state index in [0.717, 1.165) is 31.6 Å². The number of pyridine rings is 1. The van der Waals surface area contributed by atoms with Crippen molar-refractivity contribution in [2.75, 3.05) is 26.2 Å². The first-order valence-electron chi connectivity index (χ1n) is 10.5. The fraction of sp³-hybridized carbons (Fsp3) is 0.304. The number of likely N-dealkylation sites (tertiary alicyclic amines) is 1. The second kappa shape index (κ2) is 8.14. The van der Waals surface area contributed by atoms with Gasteiger partial charge in [0, 0.05) is 24.7 Å². The molecule has 0 spiro atoms. The first-order valence-corrected chi connectivity index (χ1v) is 12.0. The predicted octanol–water partition coefficient (Wildman–Crippen LogP) is 3.25. The first-order chi connectivity index (χ1) is 15.4. The van der Waals surface area contributed by atoms with E-state index in [-0.39, 0.29) is 15.5 Å². The van der Waals surface area contributed by atoms with Gasteiger partial charge in [0.2, 0.25) is 9.84 Å². The topological polar surface area (TPSA) is 88.6 Å². The van der Waals surface area contributed by atoms with E-state index in [0.29, 0.717) is 35.8 Å². The van der Waals surface area contributed by atoms with Crippen LogP contribution in [-0.4, -0.2) is 50.6 Å². The quantitative estimate of drug-likeness (QED) is 0.610. The second-order valence-corrected chi connectivity index (χ2v) is 10.2. The molecule has 9 heteroatoms. The Morgan fingerprint density at radius 2 is 1.88 bits per heavy atom. The minimum absolute atomic E-state index is 0.0177. The fourth-order valence-corrected chi connectivity index (χ4v) is 5.69. The van der Waals surface area contributed by atoms with Crippen molar-refractivity contribution < 1.29 is 22.3 Å². The number of hydrogen-bond donors (Lipinski definition) is 1. The third-order valence-electron chi connectivity index (χ3n) is 6.24. The minimum Gasteiger partial charge on any atom is -0.408 e. The highest BCUT2D eigenvalue weighted by Gasteiger charge is 2.35. The lowest BCUT2D eigenvalue weighted by Crippen LogP contribution is -2.44. The summed E-state index contributed by atoms with van der Waals surface area (Å²) in [6.45, 7) is 3.23. The van der Waals surface area contributed by atoms with Crippen molar-refractivity contribution in [1.82, 2.24) is 15.2 Å². The van der Waals surface area contributed by atoms with E-state index < -0.39 is 21.7 Å². The number of rotatable bonds is 3. The first kappa shape index (κ1) is 20.8. The molecule has 5 rings (SSSR count). The van der Waals surface area contributed by atoms with Crippen LogP contribution in [0.15, 0.2) is 64.5 Å². The molecule has 1 N–H and O–H groups in total. The van der Waals surface area contributed by atoms with Gasteiger partial charge in [0.25, 0.3) is 0 Å². The van der Waals surface area contributed by atoms with Gasteiger partial charge in [-0.3, -0.25) is 4.98 Å². The van der Waals surface area contributed by atoms with Crippen molar-refractivity contribution in [3.8, 4) is 5.75 Å². The Kier molecular flexibility index (Phi) is 5.30. The van der Waals surface area contributed by atoms with Gasteiger partial charge in [-0.2, -0.15) is 0 Å². The van der Waals surface area contributed by atoms with Gasteiger partial charge in [0.05, 0.1) is 9.79 Å². The predicted molar refractivity (Wildman–Crippen MR) is 116 cm³/mol. The third kappa shape index (κ3) is 3.82. The lowest BCUT2D eigenvalue weighted by Gasteiger charge is -2.33. The van der Waals surface area contributed by atoms with E-state index in [1.807, 2.05) is 0 Å². The van der Waals surface area contributed by atoms with Gasteiger partial charge in [-0.1, -0.05) is 12.1 Å². The normalized spacial score (nSPS) is 20.8. The zero-order chi connectivity index (χ0) is 22.3. The molecule has 32 heavy (non-hydrogen) atoms. The van der Waals surface area contributed by atoms with E-state index in [9.17, 15) is 17.6 Å². The maximum Gasteiger partial charge on any atom is 0.415 e. The molecule has 2 atom stereocenters. The van der Waals surface area contributed by atoms with E-state index in [2.05, 4.69) is 10.3 Å². The molecule has 3 aromatic rings. The molecule has 0 bridgehead atoms. The Bertz CT molecular complexity index is 1280. The number of benzene rings is 2. The molecule has 166 valence electrons. The summed E-state index contributed by atoms with van der Waals surface area (Å²) < 4.78 is 44.6. The number of hydrogen-bond acceptors (Lipinski definition) is 6. The number of nitrogens with one attached hydrogen (secondary N) is 1. The third-order valence-corrected chi connectivity index (χ3v) is 7.98. The molecule has 2 saturated heterocycles. The van der Waals surface area contributed by atoms with Crippen molar-refractivity contribution in [2.45, 2.75) is 16.2 Å². The van der Waals surface area contributed by atoms with Crippen molar-refractivity contribution >= 4 is 26.8 Å². The molecule has 0 radical (unpaired) electrons. The average molecular weight is 456 g/mol. The van der Waals surface area contributed by atoms with Crippen LogP contribution < -0.4 is 10.1 Å². The number of sulfone groups is 1.